The minimum Gasteiger partial charge on any atom is -0.481 e. The van der Waals surface area contributed by atoms with E-state index in [1.54, 1.807) is 11.2 Å². The Morgan fingerprint density at radius 2 is 2.21 bits per heavy atom. The Labute approximate surface area is 115 Å². The zero-order chi connectivity index (χ0) is 13.8. The molecular weight excluding hydrogens is 268 g/mol. The SMILES string of the molecule is Cc1coc(SCC(=O)N2CCC(C(=O)O)CC2)n1. The van der Waals surface area contributed by atoms with Crippen LogP contribution in [0.2, 0.25) is 0 Å². The van der Waals surface area contributed by atoms with Crippen molar-refractivity contribution < 1.29 is 19.1 Å². The fourth-order valence-corrected chi connectivity index (χ4v) is 2.74. The second kappa shape index (κ2) is 6.10. The van der Waals surface area contributed by atoms with E-state index in [9.17, 15) is 9.59 Å². The highest BCUT2D eigenvalue weighted by molar-refractivity contribution is 7.99. The molecular formula is C12H16N2O4S. The van der Waals surface area contributed by atoms with Gasteiger partial charge >= 0.3 is 5.97 Å². The first kappa shape index (κ1) is 13.9. The van der Waals surface area contributed by atoms with E-state index >= 15 is 0 Å². The van der Waals surface area contributed by atoms with E-state index in [1.165, 1.54) is 11.8 Å². The number of likely N-dealkylation sites (tertiary alicyclic amines) is 1. The van der Waals surface area contributed by atoms with Gasteiger partial charge in [-0.25, -0.2) is 4.98 Å². The van der Waals surface area contributed by atoms with Crippen molar-refractivity contribution in [3.8, 4) is 0 Å². The van der Waals surface area contributed by atoms with Gasteiger partial charge in [-0.15, -0.1) is 0 Å². The number of piperidine rings is 1. The maximum absolute atomic E-state index is 11.9. The molecule has 0 aliphatic carbocycles. The summed E-state index contributed by atoms with van der Waals surface area (Å²) in [7, 11) is 0. The molecule has 1 aromatic rings. The van der Waals surface area contributed by atoms with E-state index in [2.05, 4.69) is 4.98 Å². The second-order valence-corrected chi connectivity index (χ2v) is 5.46. The molecule has 1 N–H and O–H groups in total. The number of carbonyl (C=O) groups is 2. The molecule has 2 rings (SSSR count). The minimum atomic E-state index is -0.767. The van der Waals surface area contributed by atoms with Gasteiger partial charge in [-0.2, -0.15) is 0 Å². The lowest BCUT2D eigenvalue weighted by Gasteiger charge is -2.29. The van der Waals surface area contributed by atoms with Gasteiger partial charge in [-0.3, -0.25) is 9.59 Å². The highest BCUT2D eigenvalue weighted by Crippen LogP contribution is 2.21. The Bertz CT molecular complexity index is 466. The molecule has 1 saturated heterocycles. The van der Waals surface area contributed by atoms with Gasteiger partial charge in [-0.1, -0.05) is 11.8 Å². The predicted octanol–water partition coefficient (Wildman–Crippen LogP) is 1.40. The molecule has 6 nitrogen and oxygen atoms in total. The summed E-state index contributed by atoms with van der Waals surface area (Å²) in [4.78, 5) is 28.6. The van der Waals surface area contributed by atoms with Gasteiger partial charge in [0.05, 0.1) is 17.4 Å². The molecule has 0 saturated carbocycles. The third kappa shape index (κ3) is 3.73. The summed E-state index contributed by atoms with van der Waals surface area (Å²) in [5.41, 5.74) is 0.789. The van der Waals surface area contributed by atoms with Crippen molar-refractivity contribution in [2.45, 2.75) is 25.0 Å². The van der Waals surface area contributed by atoms with E-state index in [-0.39, 0.29) is 17.6 Å². The quantitative estimate of drug-likeness (QED) is 0.841. The number of aromatic nitrogens is 1. The largest absolute Gasteiger partial charge is 0.481 e. The number of hydrogen-bond donors (Lipinski definition) is 1. The maximum Gasteiger partial charge on any atom is 0.306 e. The fourth-order valence-electron chi connectivity index (χ4n) is 1.99. The van der Waals surface area contributed by atoms with Crippen LogP contribution in [0.1, 0.15) is 18.5 Å². The lowest BCUT2D eigenvalue weighted by atomic mass is 9.97. The van der Waals surface area contributed by atoms with Crippen LogP contribution >= 0.6 is 11.8 Å². The lowest BCUT2D eigenvalue weighted by molar-refractivity contribution is -0.145. The van der Waals surface area contributed by atoms with Gasteiger partial charge in [0, 0.05) is 13.1 Å². The topological polar surface area (TPSA) is 83.6 Å². The van der Waals surface area contributed by atoms with Crippen LogP contribution in [0.4, 0.5) is 0 Å². The predicted molar refractivity (Wildman–Crippen MR) is 68.9 cm³/mol. The van der Waals surface area contributed by atoms with Crippen molar-refractivity contribution in [2.24, 2.45) is 5.92 Å². The summed E-state index contributed by atoms with van der Waals surface area (Å²) in [5.74, 6) is -0.801. The minimum absolute atomic E-state index is 0.00434. The van der Waals surface area contributed by atoms with Gasteiger partial charge < -0.3 is 14.4 Å². The van der Waals surface area contributed by atoms with E-state index < -0.39 is 5.97 Å². The molecule has 2 heterocycles. The van der Waals surface area contributed by atoms with Crippen LogP contribution < -0.4 is 0 Å². The normalized spacial score (nSPS) is 16.6. The zero-order valence-corrected chi connectivity index (χ0v) is 11.5. The Kier molecular flexibility index (Phi) is 4.47. The fraction of sp³-hybridized carbons (Fsp3) is 0.583. The summed E-state index contributed by atoms with van der Waals surface area (Å²) >= 11 is 1.26. The summed E-state index contributed by atoms with van der Waals surface area (Å²) in [5, 5.41) is 9.38. The van der Waals surface area contributed by atoms with E-state index in [0.717, 1.165) is 5.69 Å². The highest BCUT2D eigenvalue weighted by atomic mass is 32.2. The average molecular weight is 284 g/mol. The number of nitrogens with zero attached hydrogens (tertiary/aromatic N) is 2. The Morgan fingerprint density at radius 3 is 2.74 bits per heavy atom. The number of carboxylic acid groups (broad SMARTS) is 1. The summed E-state index contributed by atoms with van der Waals surface area (Å²) < 4.78 is 5.15. The van der Waals surface area contributed by atoms with Crippen molar-refractivity contribution >= 4 is 23.6 Å². The lowest BCUT2D eigenvalue weighted by Crippen LogP contribution is -2.41. The number of oxazole rings is 1. The first-order valence-corrected chi connectivity index (χ1v) is 7.10. The van der Waals surface area contributed by atoms with Crippen LogP contribution in [0.25, 0.3) is 0 Å². The van der Waals surface area contributed by atoms with Gasteiger partial charge in [0.15, 0.2) is 0 Å². The summed E-state index contributed by atoms with van der Waals surface area (Å²) in [6.45, 7) is 2.86. The smallest absolute Gasteiger partial charge is 0.306 e. The molecule has 0 bridgehead atoms. The van der Waals surface area contributed by atoms with E-state index in [1.807, 2.05) is 6.92 Å². The van der Waals surface area contributed by atoms with Gasteiger partial charge in [-0.05, 0) is 19.8 Å². The monoisotopic (exact) mass is 284 g/mol. The molecule has 104 valence electrons. The highest BCUT2D eigenvalue weighted by Gasteiger charge is 2.26. The molecule has 7 heteroatoms. The molecule has 1 aliphatic rings. The number of carboxylic acids is 1. The van der Waals surface area contributed by atoms with Crippen LogP contribution in [-0.4, -0.2) is 45.7 Å². The molecule has 0 spiro atoms. The maximum atomic E-state index is 11.9. The molecule has 1 aromatic heterocycles. The van der Waals surface area contributed by atoms with Crippen LogP contribution in [0, 0.1) is 12.8 Å². The number of amides is 1. The second-order valence-electron chi connectivity index (χ2n) is 4.54. The number of aryl methyl sites for hydroxylation is 1. The third-order valence-electron chi connectivity index (χ3n) is 3.11. The van der Waals surface area contributed by atoms with Crippen molar-refractivity contribution in [3.63, 3.8) is 0 Å². The molecule has 0 radical (unpaired) electrons. The summed E-state index contributed by atoms with van der Waals surface area (Å²) in [6, 6.07) is 0. The average Bonchev–Trinajstić information content (AvgIpc) is 2.82. The number of hydrogen-bond acceptors (Lipinski definition) is 5. The Balaban J connectivity index is 1.77. The third-order valence-corrected chi connectivity index (χ3v) is 3.94. The van der Waals surface area contributed by atoms with Crippen molar-refractivity contribution in [1.82, 2.24) is 9.88 Å². The summed E-state index contributed by atoms with van der Waals surface area (Å²) in [6.07, 6.45) is 2.61. The Morgan fingerprint density at radius 1 is 1.53 bits per heavy atom. The van der Waals surface area contributed by atoms with Crippen LogP contribution in [0.5, 0.6) is 0 Å². The molecule has 0 unspecified atom stereocenters. The zero-order valence-electron chi connectivity index (χ0n) is 10.7. The van der Waals surface area contributed by atoms with Gasteiger partial charge in [0.1, 0.15) is 6.26 Å². The molecule has 1 amide bonds. The van der Waals surface area contributed by atoms with Crippen LogP contribution in [0.15, 0.2) is 15.9 Å². The molecule has 19 heavy (non-hydrogen) atoms. The van der Waals surface area contributed by atoms with E-state index in [4.69, 9.17) is 9.52 Å². The number of rotatable bonds is 4. The first-order chi connectivity index (χ1) is 9.06. The van der Waals surface area contributed by atoms with Crippen molar-refractivity contribution in [3.05, 3.63) is 12.0 Å². The van der Waals surface area contributed by atoms with Crippen molar-refractivity contribution in [2.75, 3.05) is 18.8 Å². The molecule has 0 atom stereocenters. The molecule has 1 aliphatic heterocycles. The standard InChI is InChI=1S/C12H16N2O4S/c1-8-6-18-12(13-8)19-7-10(15)14-4-2-9(3-5-14)11(16)17/h6,9H,2-5,7H2,1H3,(H,16,17). The van der Waals surface area contributed by atoms with Crippen molar-refractivity contribution in [1.29, 1.82) is 0 Å². The number of thioether (sulfide) groups is 1. The number of aliphatic carboxylic acids is 1. The Hall–Kier alpha value is -1.50. The van der Waals surface area contributed by atoms with Gasteiger partial charge in [0.25, 0.3) is 5.22 Å². The first-order valence-electron chi connectivity index (χ1n) is 6.12. The van der Waals surface area contributed by atoms with E-state index in [0.29, 0.717) is 31.2 Å². The van der Waals surface area contributed by atoms with Crippen LogP contribution in [0.3, 0.4) is 0 Å². The van der Waals surface area contributed by atoms with Crippen LogP contribution in [-0.2, 0) is 9.59 Å². The van der Waals surface area contributed by atoms with Gasteiger partial charge in [0.2, 0.25) is 5.91 Å². The number of carbonyl (C=O) groups excluding carboxylic acids is 1. The molecule has 0 aromatic carbocycles. The molecule has 1 fully saturated rings.